The lowest BCUT2D eigenvalue weighted by Gasteiger charge is -2.24. The van der Waals surface area contributed by atoms with Crippen LogP contribution in [0.2, 0.25) is 0 Å². The van der Waals surface area contributed by atoms with Crippen LogP contribution in [0.5, 0.6) is 0 Å². The van der Waals surface area contributed by atoms with Gasteiger partial charge in [-0.25, -0.2) is 13.6 Å². The van der Waals surface area contributed by atoms with Crippen molar-refractivity contribution in [2.24, 2.45) is 0 Å². The largest absolute Gasteiger partial charge is 0.345 e. The molecule has 1 heterocycles. The van der Waals surface area contributed by atoms with E-state index >= 15 is 0 Å². The monoisotopic (exact) mass is 466 g/mol. The minimum Gasteiger partial charge on any atom is -0.345 e. The van der Waals surface area contributed by atoms with Crippen molar-refractivity contribution < 1.29 is 28.0 Å². The molecule has 3 aromatic carbocycles. The summed E-state index contributed by atoms with van der Waals surface area (Å²) in [6.07, 6.45) is 0. The van der Waals surface area contributed by atoms with Gasteiger partial charge >= 0.3 is 6.03 Å². The predicted octanol–water partition coefficient (Wildman–Crippen LogP) is 2.64. The Morgan fingerprint density at radius 1 is 0.971 bits per heavy atom. The molecule has 5 amide bonds. The molecule has 1 unspecified atom stereocenters. The van der Waals surface area contributed by atoms with Crippen molar-refractivity contribution in [2.45, 2.75) is 12.5 Å². The number of hydrogen-bond donors (Lipinski definition) is 3. The van der Waals surface area contributed by atoms with Gasteiger partial charge in [0, 0.05) is 11.8 Å². The molecule has 0 spiro atoms. The topological polar surface area (TPSA) is 108 Å². The molecule has 0 bridgehead atoms. The summed E-state index contributed by atoms with van der Waals surface area (Å²) in [5.74, 6) is -4.23. The van der Waals surface area contributed by atoms with Crippen LogP contribution in [0.15, 0.2) is 60.7 Å². The van der Waals surface area contributed by atoms with Gasteiger partial charge in [0.05, 0.1) is 6.54 Å². The SMILES string of the molecule is CC1(c2cccc3ccccc23)NC(=O)N(CC(=O)NCC(=O)Nc2ccc(F)c(F)c2)C1=O. The molecule has 10 heteroatoms. The number of halogens is 2. The molecule has 8 nitrogen and oxygen atoms in total. The number of carbonyl (C=O) groups is 4. The standard InChI is InChI=1S/C24H20F2N4O4/c1-24(17-8-4-6-14-5-2-3-7-16(14)17)22(33)30(23(34)29-24)13-21(32)27-12-20(31)28-15-9-10-18(25)19(26)11-15/h2-11H,12-13H2,1H3,(H,27,32)(H,28,31)(H,29,34). The van der Waals surface area contributed by atoms with E-state index < -0.39 is 54.0 Å². The van der Waals surface area contributed by atoms with Crippen LogP contribution in [0.3, 0.4) is 0 Å². The van der Waals surface area contributed by atoms with Crippen molar-refractivity contribution in [2.75, 3.05) is 18.4 Å². The molecule has 34 heavy (non-hydrogen) atoms. The first-order valence-corrected chi connectivity index (χ1v) is 10.3. The van der Waals surface area contributed by atoms with E-state index in [9.17, 15) is 28.0 Å². The number of fused-ring (bicyclic) bond motifs is 1. The molecule has 0 saturated carbocycles. The van der Waals surface area contributed by atoms with Crippen LogP contribution < -0.4 is 16.0 Å². The van der Waals surface area contributed by atoms with Crippen molar-refractivity contribution in [3.05, 3.63) is 77.9 Å². The van der Waals surface area contributed by atoms with E-state index in [-0.39, 0.29) is 5.69 Å². The Balaban J connectivity index is 1.40. The van der Waals surface area contributed by atoms with Crippen molar-refractivity contribution in [1.29, 1.82) is 0 Å². The van der Waals surface area contributed by atoms with E-state index in [0.717, 1.165) is 27.8 Å². The van der Waals surface area contributed by atoms with Crippen molar-refractivity contribution >= 4 is 40.2 Å². The first kappa shape index (κ1) is 22.8. The van der Waals surface area contributed by atoms with Gasteiger partial charge in [-0.1, -0.05) is 42.5 Å². The maximum Gasteiger partial charge on any atom is 0.325 e. The second-order valence-electron chi connectivity index (χ2n) is 7.93. The van der Waals surface area contributed by atoms with Crippen LogP contribution in [0.1, 0.15) is 12.5 Å². The summed E-state index contributed by atoms with van der Waals surface area (Å²) in [5.41, 5.74) is -0.765. The lowest BCUT2D eigenvalue weighted by molar-refractivity contribution is -0.134. The number of nitrogens with one attached hydrogen (secondary N) is 3. The van der Waals surface area contributed by atoms with Crippen molar-refractivity contribution in [3.8, 4) is 0 Å². The van der Waals surface area contributed by atoms with Crippen LogP contribution in [0, 0.1) is 11.6 Å². The van der Waals surface area contributed by atoms with Gasteiger partial charge in [0.25, 0.3) is 5.91 Å². The summed E-state index contributed by atoms with van der Waals surface area (Å²) in [4.78, 5) is 50.8. The molecule has 1 saturated heterocycles. The molecule has 1 aliphatic rings. The average molecular weight is 466 g/mol. The third-order valence-electron chi connectivity index (χ3n) is 5.55. The van der Waals surface area contributed by atoms with Crippen LogP contribution in [-0.2, 0) is 19.9 Å². The van der Waals surface area contributed by atoms with E-state index in [1.54, 1.807) is 19.1 Å². The van der Waals surface area contributed by atoms with Crippen LogP contribution in [-0.4, -0.2) is 41.7 Å². The van der Waals surface area contributed by atoms with Crippen LogP contribution >= 0.6 is 0 Å². The van der Waals surface area contributed by atoms with Gasteiger partial charge in [0.1, 0.15) is 12.1 Å². The number of nitrogens with zero attached hydrogens (tertiary/aromatic N) is 1. The molecular weight excluding hydrogens is 446 g/mol. The van der Waals surface area contributed by atoms with Gasteiger partial charge in [-0.05, 0) is 35.4 Å². The lowest BCUT2D eigenvalue weighted by Crippen LogP contribution is -2.44. The Morgan fingerprint density at radius 3 is 2.47 bits per heavy atom. The van der Waals surface area contributed by atoms with Crippen molar-refractivity contribution in [1.82, 2.24) is 15.5 Å². The minimum atomic E-state index is -1.37. The Kier molecular flexibility index (Phi) is 5.97. The fraction of sp³-hybridized carbons (Fsp3) is 0.167. The summed E-state index contributed by atoms with van der Waals surface area (Å²) >= 11 is 0. The number of carbonyl (C=O) groups excluding carboxylic acids is 4. The van der Waals surface area contributed by atoms with E-state index in [1.807, 2.05) is 30.3 Å². The van der Waals surface area contributed by atoms with Gasteiger partial charge in [-0.3, -0.25) is 19.3 Å². The van der Waals surface area contributed by atoms with Crippen LogP contribution in [0.25, 0.3) is 10.8 Å². The zero-order chi connectivity index (χ0) is 24.5. The maximum absolute atomic E-state index is 13.2. The third kappa shape index (κ3) is 4.29. The molecule has 3 N–H and O–H groups in total. The highest BCUT2D eigenvalue weighted by Gasteiger charge is 2.50. The third-order valence-corrected chi connectivity index (χ3v) is 5.55. The number of rotatable bonds is 6. The number of amides is 5. The lowest BCUT2D eigenvalue weighted by atomic mass is 9.88. The second-order valence-corrected chi connectivity index (χ2v) is 7.93. The number of urea groups is 1. The molecule has 174 valence electrons. The molecule has 1 fully saturated rings. The summed E-state index contributed by atoms with van der Waals surface area (Å²) in [5, 5.41) is 8.96. The van der Waals surface area contributed by atoms with E-state index in [4.69, 9.17) is 0 Å². The molecule has 0 aliphatic carbocycles. The fourth-order valence-corrected chi connectivity index (χ4v) is 3.84. The number of imide groups is 1. The molecular formula is C24H20F2N4O4. The number of hydrogen-bond acceptors (Lipinski definition) is 4. The van der Waals surface area contributed by atoms with Gasteiger partial charge in [0.15, 0.2) is 11.6 Å². The smallest absolute Gasteiger partial charge is 0.325 e. The summed E-state index contributed by atoms with van der Waals surface area (Å²) < 4.78 is 26.2. The molecule has 0 aromatic heterocycles. The van der Waals surface area contributed by atoms with Gasteiger partial charge < -0.3 is 16.0 Å². The molecule has 4 rings (SSSR count). The minimum absolute atomic E-state index is 0.0121. The first-order chi connectivity index (χ1) is 16.2. The number of benzene rings is 3. The summed E-state index contributed by atoms with van der Waals surface area (Å²) in [7, 11) is 0. The average Bonchev–Trinajstić information content (AvgIpc) is 3.03. The Morgan fingerprint density at radius 2 is 1.71 bits per heavy atom. The quantitative estimate of drug-likeness (QED) is 0.486. The van der Waals surface area contributed by atoms with E-state index in [1.165, 1.54) is 6.07 Å². The Bertz CT molecular complexity index is 1320. The van der Waals surface area contributed by atoms with Crippen molar-refractivity contribution in [3.63, 3.8) is 0 Å². The number of anilines is 1. The Hall–Kier alpha value is -4.34. The van der Waals surface area contributed by atoms with Crippen LogP contribution in [0.4, 0.5) is 19.3 Å². The first-order valence-electron chi connectivity index (χ1n) is 10.3. The highest BCUT2D eigenvalue weighted by molar-refractivity contribution is 6.11. The normalized spacial score (nSPS) is 17.6. The summed E-state index contributed by atoms with van der Waals surface area (Å²) in [6.45, 7) is 0.480. The molecule has 3 aromatic rings. The Labute approximate surface area is 192 Å². The van der Waals surface area contributed by atoms with Gasteiger partial charge in [-0.2, -0.15) is 0 Å². The van der Waals surface area contributed by atoms with E-state index in [2.05, 4.69) is 16.0 Å². The summed E-state index contributed by atoms with van der Waals surface area (Å²) in [6, 6.07) is 14.9. The highest BCUT2D eigenvalue weighted by Crippen LogP contribution is 2.33. The van der Waals surface area contributed by atoms with Gasteiger partial charge in [0.2, 0.25) is 11.8 Å². The molecule has 1 atom stereocenters. The molecule has 1 aliphatic heterocycles. The fourth-order valence-electron chi connectivity index (χ4n) is 3.84. The zero-order valence-corrected chi connectivity index (χ0v) is 18.0. The zero-order valence-electron chi connectivity index (χ0n) is 18.0. The highest BCUT2D eigenvalue weighted by atomic mass is 19.2. The van der Waals surface area contributed by atoms with Gasteiger partial charge in [-0.15, -0.1) is 0 Å². The van der Waals surface area contributed by atoms with E-state index in [0.29, 0.717) is 5.56 Å². The predicted molar refractivity (Wildman–Crippen MR) is 120 cm³/mol. The molecule has 0 radical (unpaired) electrons. The maximum atomic E-state index is 13.2. The second kappa shape index (κ2) is 8.89.